The summed E-state index contributed by atoms with van der Waals surface area (Å²) in [5.74, 6) is -0.945. The average Bonchev–Trinajstić information content (AvgIpc) is 3.06. The van der Waals surface area contributed by atoms with Crippen molar-refractivity contribution in [3.05, 3.63) is 89.0 Å². The number of carbonyl (C=O) groups excluding carboxylic acids is 1. The number of hydrogen-bond donors (Lipinski definition) is 2. The molecular weight excluding hydrogens is 378 g/mol. The molecule has 0 saturated carbocycles. The lowest BCUT2D eigenvalue weighted by Crippen LogP contribution is -2.19. The zero-order valence-corrected chi connectivity index (χ0v) is 16.9. The van der Waals surface area contributed by atoms with Crippen LogP contribution in [0.4, 0.5) is 10.5 Å². The first kappa shape index (κ1) is 19.7. The van der Waals surface area contributed by atoms with Crippen LogP contribution in [0, 0.1) is 0 Å². The molecule has 0 spiro atoms. The Kier molecular flexibility index (Phi) is 5.27. The topological polar surface area (TPSA) is 75.6 Å². The van der Waals surface area contributed by atoms with Crippen molar-refractivity contribution in [2.75, 3.05) is 11.9 Å². The van der Waals surface area contributed by atoms with Crippen molar-refractivity contribution >= 4 is 17.7 Å². The largest absolute Gasteiger partial charge is 0.478 e. The number of nitrogens with one attached hydrogen (secondary N) is 1. The van der Waals surface area contributed by atoms with Crippen LogP contribution in [0.2, 0.25) is 0 Å². The first-order valence-electron chi connectivity index (χ1n) is 9.95. The summed E-state index contributed by atoms with van der Waals surface area (Å²) in [6.45, 7) is 4.19. The summed E-state index contributed by atoms with van der Waals surface area (Å²) in [6, 6.07) is 21.2. The van der Waals surface area contributed by atoms with E-state index < -0.39 is 12.1 Å². The molecule has 30 heavy (non-hydrogen) atoms. The molecule has 0 aliphatic heterocycles. The van der Waals surface area contributed by atoms with Gasteiger partial charge in [0, 0.05) is 5.92 Å². The van der Waals surface area contributed by atoms with Gasteiger partial charge in [0.15, 0.2) is 0 Å². The molecule has 3 aromatic rings. The Morgan fingerprint density at radius 1 is 0.967 bits per heavy atom. The number of carboxylic acids is 1. The van der Waals surface area contributed by atoms with Gasteiger partial charge in [0.05, 0.1) is 11.3 Å². The summed E-state index contributed by atoms with van der Waals surface area (Å²) >= 11 is 0. The minimum atomic E-state index is -1.10. The lowest BCUT2D eigenvalue weighted by atomic mass is 9.98. The highest BCUT2D eigenvalue weighted by Gasteiger charge is 2.29. The van der Waals surface area contributed by atoms with Gasteiger partial charge in [-0.15, -0.1) is 0 Å². The van der Waals surface area contributed by atoms with E-state index in [0.717, 1.165) is 27.8 Å². The van der Waals surface area contributed by atoms with Crippen LogP contribution in [0.5, 0.6) is 0 Å². The Balaban J connectivity index is 1.53. The van der Waals surface area contributed by atoms with Crippen molar-refractivity contribution < 1.29 is 19.4 Å². The van der Waals surface area contributed by atoms with Gasteiger partial charge >= 0.3 is 12.1 Å². The summed E-state index contributed by atoms with van der Waals surface area (Å²) < 4.78 is 5.54. The molecule has 0 saturated heterocycles. The van der Waals surface area contributed by atoms with Crippen molar-refractivity contribution in [2.24, 2.45) is 0 Å². The Labute approximate surface area is 175 Å². The van der Waals surface area contributed by atoms with Gasteiger partial charge in [-0.05, 0) is 45.9 Å². The van der Waals surface area contributed by atoms with Gasteiger partial charge in [-0.25, -0.2) is 9.59 Å². The number of benzene rings is 3. The molecule has 0 radical (unpaired) electrons. The first-order chi connectivity index (χ1) is 14.5. The highest BCUT2D eigenvalue weighted by molar-refractivity contribution is 5.99. The monoisotopic (exact) mass is 401 g/mol. The zero-order chi connectivity index (χ0) is 21.3. The van der Waals surface area contributed by atoms with E-state index in [2.05, 4.69) is 29.6 Å². The van der Waals surface area contributed by atoms with Crippen molar-refractivity contribution in [1.29, 1.82) is 0 Å². The van der Waals surface area contributed by atoms with E-state index in [1.54, 1.807) is 12.1 Å². The Bertz CT molecular complexity index is 1070. The van der Waals surface area contributed by atoms with Gasteiger partial charge in [0.1, 0.15) is 6.61 Å². The lowest BCUT2D eigenvalue weighted by Gasteiger charge is -2.16. The molecule has 152 valence electrons. The molecule has 0 bridgehead atoms. The number of amides is 1. The fourth-order valence-electron chi connectivity index (χ4n) is 3.96. The summed E-state index contributed by atoms with van der Waals surface area (Å²) in [5, 5.41) is 12.1. The number of carboxylic acid groups (broad SMARTS) is 1. The summed E-state index contributed by atoms with van der Waals surface area (Å²) in [7, 11) is 0. The number of ether oxygens (including phenoxy) is 1. The summed E-state index contributed by atoms with van der Waals surface area (Å²) in [5.41, 5.74) is 5.77. The normalized spacial score (nSPS) is 12.4. The minimum absolute atomic E-state index is 0.0351. The smallest absolute Gasteiger partial charge is 0.411 e. The van der Waals surface area contributed by atoms with Crippen molar-refractivity contribution in [3.63, 3.8) is 0 Å². The molecule has 0 fully saturated rings. The van der Waals surface area contributed by atoms with Gasteiger partial charge in [0.25, 0.3) is 0 Å². The maximum Gasteiger partial charge on any atom is 0.411 e. The van der Waals surface area contributed by atoms with Crippen molar-refractivity contribution in [2.45, 2.75) is 25.7 Å². The van der Waals surface area contributed by atoms with E-state index in [1.165, 1.54) is 6.07 Å². The number of aromatic carboxylic acids is 1. The van der Waals surface area contributed by atoms with Crippen molar-refractivity contribution in [1.82, 2.24) is 0 Å². The van der Waals surface area contributed by atoms with Gasteiger partial charge < -0.3 is 9.84 Å². The second-order valence-electron chi connectivity index (χ2n) is 7.72. The van der Waals surface area contributed by atoms with E-state index in [-0.39, 0.29) is 29.7 Å². The second-order valence-corrected chi connectivity index (χ2v) is 7.72. The molecule has 5 nitrogen and oxygen atoms in total. The molecule has 2 N–H and O–H groups in total. The van der Waals surface area contributed by atoms with Crippen LogP contribution in [0.25, 0.3) is 11.1 Å². The van der Waals surface area contributed by atoms with E-state index in [9.17, 15) is 14.7 Å². The molecule has 4 rings (SSSR count). The van der Waals surface area contributed by atoms with Crippen LogP contribution in [-0.2, 0) is 4.74 Å². The number of rotatable bonds is 5. The van der Waals surface area contributed by atoms with E-state index in [0.29, 0.717) is 0 Å². The standard InChI is InChI=1S/C25H23NO4/c1-15(2)16-11-12-21(24(27)28)23(13-16)26-25(29)30-14-22-19-9-5-3-7-17(19)18-8-4-6-10-20(18)22/h3-13,15,22H,14H2,1-2H3,(H,26,29)(H,27,28). The summed E-state index contributed by atoms with van der Waals surface area (Å²) in [4.78, 5) is 24.1. The Hall–Kier alpha value is -3.60. The second kappa shape index (κ2) is 8.03. The van der Waals surface area contributed by atoms with Crippen LogP contribution < -0.4 is 5.32 Å². The van der Waals surface area contributed by atoms with Gasteiger partial charge in [0.2, 0.25) is 0 Å². The Morgan fingerprint density at radius 2 is 1.57 bits per heavy atom. The van der Waals surface area contributed by atoms with Gasteiger partial charge in [-0.1, -0.05) is 68.4 Å². The molecule has 0 atom stereocenters. The molecule has 1 aliphatic rings. The fourth-order valence-corrected chi connectivity index (χ4v) is 3.96. The van der Waals surface area contributed by atoms with E-state index in [4.69, 9.17) is 4.74 Å². The van der Waals surface area contributed by atoms with Gasteiger partial charge in [-0.3, -0.25) is 5.32 Å². The molecule has 3 aromatic carbocycles. The quantitative estimate of drug-likeness (QED) is 0.561. The molecule has 0 aromatic heterocycles. The van der Waals surface area contributed by atoms with Crippen LogP contribution in [0.15, 0.2) is 66.7 Å². The fraction of sp³-hybridized carbons (Fsp3) is 0.200. The predicted octanol–water partition coefficient (Wildman–Crippen LogP) is 5.87. The molecule has 0 heterocycles. The van der Waals surface area contributed by atoms with E-state index in [1.807, 2.05) is 38.1 Å². The molecule has 1 aliphatic carbocycles. The number of hydrogen-bond acceptors (Lipinski definition) is 3. The SMILES string of the molecule is CC(C)c1ccc(C(=O)O)c(NC(=O)OCC2c3ccccc3-c3ccccc32)c1. The molecule has 0 unspecified atom stereocenters. The predicted molar refractivity (Wildman–Crippen MR) is 116 cm³/mol. The molecule has 5 heteroatoms. The van der Waals surface area contributed by atoms with Crippen LogP contribution in [-0.4, -0.2) is 23.8 Å². The summed E-state index contributed by atoms with van der Waals surface area (Å²) in [6.07, 6.45) is -0.666. The highest BCUT2D eigenvalue weighted by Crippen LogP contribution is 2.44. The third-order valence-electron chi connectivity index (χ3n) is 5.52. The average molecular weight is 401 g/mol. The van der Waals surface area contributed by atoms with Gasteiger partial charge in [-0.2, -0.15) is 0 Å². The minimum Gasteiger partial charge on any atom is -0.478 e. The van der Waals surface area contributed by atoms with Crippen LogP contribution in [0.1, 0.15) is 52.7 Å². The number of fused-ring (bicyclic) bond motifs is 3. The van der Waals surface area contributed by atoms with Crippen LogP contribution >= 0.6 is 0 Å². The molecular formula is C25H23NO4. The number of anilines is 1. The highest BCUT2D eigenvalue weighted by atomic mass is 16.5. The molecule has 1 amide bonds. The third kappa shape index (κ3) is 3.66. The maximum atomic E-state index is 12.5. The van der Waals surface area contributed by atoms with Crippen LogP contribution in [0.3, 0.4) is 0 Å². The Morgan fingerprint density at radius 3 is 2.13 bits per heavy atom. The first-order valence-corrected chi connectivity index (χ1v) is 9.95. The van der Waals surface area contributed by atoms with Crippen molar-refractivity contribution in [3.8, 4) is 11.1 Å². The zero-order valence-electron chi connectivity index (χ0n) is 16.9. The third-order valence-corrected chi connectivity index (χ3v) is 5.52. The number of carbonyl (C=O) groups is 2. The van der Waals surface area contributed by atoms with E-state index >= 15 is 0 Å². The lowest BCUT2D eigenvalue weighted by molar-refractivity contribution is 0.0698. The maximum absolute atomic E-state index is 12.5.